The Morgan fingerprint density at radius 2 is 2.03 bits per heavy atom. The second-order valence-electron chi connectivity index (χ2n) is 7.97. The van der Waals surface area contributed by atoms with Crippen molar-refractivity contribution < 1.29 is 13.9 Å². The fraction of sp³-hybridized carbons (Fsp3) is 0.320. The van der Waals surface area contributed by atoms with E-state index in [-0.39, 0.29) is 17.8 Å². The molecule has 160 valence electrons. The molecule has 2 aromatic carbocycles. The van der Waals surface area contributed by atoms with Crippen molar-refractivity contribution in [3.63, 3.8) is 0 Å². The molecule has 1 atom stereocenters. The van der Waals surface area contributed by atoms with Gasteiger partial charge in [-0.05, 0) is 44.4 Å². The standard InChI is InChI=1S/C25H26FN3O2/c1-16-14-27-17(2)24(29-16)22-13-20(26)11-19-12-21(31-25(19)22)15-28-23(30)10-6-9-18-7-4-3-5-8-18/h3-5,7-8,11,13-14,21H,6,9-10,12,15H2,1-2H3,(H,28,30). The molecule has 0 bridgehead atoms. The molecule has 0 fully saturated rings. The quantitative estimate of drug-likeness (QED) is 0.619. The van der Waals surface area contributed by atoms with E-state index in [2.05, 4.69) is 27.4 Å². The summed E-state index contributed by atoms with van der Waals surface area (Å²) in [4.78, 5) is 21.1. The summed E-state index contributed by atoms with van der Waals surface area (Å²) in [6.45, 7) is 4.09. The number of rotatable bonds is 7. The van der Waals surface area contributed by atoms with Gasteiger partial charge in [0.2, 0.25) is 5.91 Å². The first-order chi connectivity index (χ1) is 15.0. The van der Waals surface area contributed by atoms with Crippen LogP contribution in [0, 0.1) is 19.7 Å². The Balaban J connectivity index is 1.36. The number of nitrogens with one attached hydrogen (secondary N) is 1. The second kappa shape index (κ2) is 9.25. The summed E-state index contributed by atoms with van der Waals surface area (Å²) in [5, 5.41) is 2.95. The second-order valence-corrected chi connectivity index (χ2v) is 7.97. The number of aromatic nitrogens is 2. The maximum absolute atomic E-state index is 14.3. The minimum Gasteiger partial charge on any atom is -0.487 e. The van der Waals surface area contributed by atoms with E-state index in [1.807, 2.05) is 32.0 Å². The van der Waals surface area contributed by atoms with Crippen LogP contribution in [0.4, 0.5) is 4.39 Å². The summed E-state index contributed by atoms with van der Waals surface area (Å²) in [5.41, 5.74) is 4.74. The molecule has 0 saturated heterocycles. The molecule has 1 unspecified atom stereocenters. The van der Waals surface area contributed by atoms with Crippen molar-refractivity contribution >= 4 is 5.91 Å². The van der Waals surface area contributed by atoms with Crippen LogP contribution in [-0.4, -0.2) is 28.5 Å². The van der Waals surface area contributed by atoms with Gasteiger partial charge in [-0.2, -0.15) is 0 Å². The molecule has 0 saturated carbocycles. The molecule has 0 radical (unpaired) electrons. The molecule has 1 amide bonds. The zero-order valence-corrected chi connectivity index (χ0v) is 17.8. The van der Waals surface area contributed by atoms with Gasteiger partial charge in [-0.3, -0.25) is 9.78 Å². The Kier molecular flexibility index (Phi) is 6.26. The van der Waals surface area contributed by atoms with Crippen molar-refractivity contribution in [3.8, 4) is 17.0 Å². The fourth-order valence-corrected chi connectivity index (χ4v) is 3.89. The van der Waals surface area contributed by atoms with Gasteiger partial charge in [0.1, 0.15) is 17.7 Å². The van der Waals surface area contributed by atoms with E-state index < -0.39 is 0 Å². The highest BCUT2D eigenvalue weighted by Gasteiger charge is 2.28. The molecule has 31 heavy (non-hydrogen) atoms. The Morgan fingerprint density at radius 1 is 1.23 bits per heavy atom. The molecule has 1 aromatic heterocycles. The number of hydrogen-bond donors (Lipinski definition) is 1. The van der Waals surface area contributed by atoms with Crippen LogP contribution in [0.25, 0.3) is 11.3 Å². The summed E-state index contributed by atoms with van der Waals surface area (Å²) in [6.07, 6.45) is 4.14. The first kappa shape index (κ1) is 21.0. The van der Waals surface area contributed by atoms with Crippen molar-refractivity contribution in [2.75, 3.05) is 6.54 Å². The van der Waals surface area contributed by atoms with Gasteiger partial charge in [-0.1, -0.05) is 30.3 Å². The van der Waals surface area contributed by atoms with Crippen molar-refractivity contribution in [2.24, 2.45) is 0 Å². The number of carbonyl (C=O) groups is 1. The van der Waals surface area contributed by atoms with E-state index in [0.717, 1.165) is 29.8 Å². The Morgan fingerprint density at radius 3 is 2.84 bits per heavy atom. The van der Waals surface area contributed by atoms with Crippen LogP contribution in [0.5, 0.6) is 5.75 Å². The molecule has 3 aromatic rings. The molecule has 1 N–H and O–H groups in total. The minimum absolute atomic E-state index is 0.00212. The maximum atomic E-state index is 14.3. The number of benzene rings is 2. The van der Waals surface area contributed by atoms with Gasteiger partial charge in [0, 0.05) is 30.2 Å². The molecular formula is C25H26FN3O2. The van der Waals surface area contributed by atoms with Crippen LogP contribution in [-0.2, 0) is 17.6 Å². The summed E-state index contributed by atoms with van der Waals surface area (Å²) in [6, 6.07) is 13.1. The highest BCUT2D eigenvalue weighted by molar-refractivity contribution is 5.76. The number of nitrogens with zero attached hydrogens (tertiary/aromatic N) is 2. The zero-order chi connectivity index (χ0) is 21.8. The first-order valence-corrected chi connectivity index (χ1v) is 10.6. The van der Waals surface area contributed by atoms with Gasteiger partial charge in [-0.15, -0.1) is 0 Å². The Labute approximate surface area is 181 Å². The lowest BCUT2D eigenvalue weighted by atomic mass is 10.0. The van der Waals surface area contributed by atoms with Crippen molar-refractivity contribution in [1.82, 2.24) is 15.3 Å². The van der Waals surface area contributed by atoms with E-state index in [1.54, 1.807) is 6.20 Å². The molecule has 1 aliphatic heterocycles. The molecule has 1 aliphatic rings. The SMILES string of the molecule is Cc1cnc(C)c(-c2cc(F)cc3c2OC(CNC(=O)CCCc2ccccc2)C3)n1. The summed E-state index contributed by atoms with van der Waals surface area (Å²) >= 11 is 0. The largest absolute Gasteiger partial charge is 0.487 e. The van der Waals surface area contributed by atoms with Gasteiger partial charge in [-0.25, -0.2) is 9.37 Å². The van der Waals surface area contributed by atoms with E-state index >= 15 is 0 Å². The number of carbonyl (C=O) groups excluding carboxylic acids is 1. The monoisotopic (exact) mass is 419 g/mol. The third kappa shape index (κ3) is 5.08. The lowest BCUT2D eigenvalue weighted by molar-refractivity contribution is -0.121. The van der Waals surface area contributed by atoms with Crippen molar-refractivity contribution in [3.05, 3.63) is 77.0 Å². The van der Waals surface area contributed by atoms with Crippen LogP contribution >= 0.6 is 0 Å². The third-order valence-electron chi connectivity index (χ3n) is 5.43. The summed E-state index contributed by atoms with van der Waals surface area (Å²) in [7, 11) is 0. The lowest BCUT2D eigenvalue weighted by Crippen LogP contribution is -2.34. The predicted octanol–water partition coefficient (Wildman–Crippen LogP) is 4.34. The topological polar surface area (TPSA) is 64.1 Å². The number of fused-ring (bicyclic) bond motifs is 1. The highest BCUT2D eigenvalue weighted by atomic mass is 19.1. The third-order valence-corrected chi connectivity index (χ3v) is 5.43. The van der Waals surface area contributed by atoms with Gasteiger partial charge < -0.3 is 10.1 Å². The molecule has 4 rings (SSSR count). The number of amides is 1. The van der Waals surface area contributed by atoms with Crippen LogP contribution < -0.4 is 10.1 Å². The van der Waals surface area contributed by atoms with Gasteiger partial charge >= 0.3 is 0 Å². The Bertz CT molecular complexity index is 1090. The van der Waals surface area contributed by atoms with E-state index in [1.165, 1.54) is 17.7 Å². The highest BCUT2D eigenvalue weighted by Crippen LogP contribution is 2.39. The maximum Gasteiger partial charge on any atom is 0.220 e. The van der Waals surface area contributed by atoms with Gasteiger partial charge in [0.25, 0.3) is 0 Å². The van der Waals surface area contributed by atoms with Crippen LogP contribution in [0.1, 0.15) is 35.4 Å². The molecule has 2 heterocycles. The normalized spacial score (nSPS) is 14.7. The van der Waals surface area contributed by atoms with Gasteiger partial charge in [0.15, 0.2) is 0 Å². The first-order valence-electron chi connectivity index (χ1n) is 10.6. The minimum atomic E-state index is -0.328. The van der Waals surface area contributed by atoms with Gasteiger partial charge in [0.05, 0.1) is 23.6 Å². The zero-order valence-electron chi connectivity index (χ0n) is 17.8. The molecule has 6 heteroatoms. The molecule has 0 aliphatic carbocycles. The fourth-order valence-electron chi connectivity index (χ4n) is 3.89. The average molecular weight is 420 g/mol. The van der Waals surface area contributed by atoms with Crippen LogP contribution in [0.2, 0.25) is 0 Å². The van der Waals surface area contributed by atoms with Crippen molar-refractivity contribution in [1.29, 1.82) is 0 Å². The molecule has 0 spiro atoms. The summed E-state index contributed by atoms with van der Waals surface area (Å²) < 4.78 is 20.4. The van der Waals surface area contributed by atoms with Crippen molar-refractivity contribution in [2.45, 2.75) is 45.6 Å². The average Bonchev–Trinajstić information content (AvgIpc) is 3.17. The number of halogens is 1. The Hall–Kier alpha value is -3.28. The van der Waals surface area contributed by atoms with E-state index in [9.17, 15) is 9.18 Å². The smallest absolute Gasteiger partial charge is 0.220 e. The number of ether oxygens (including phenoxy) is 1. The summed E-state index contributed by atoms with van der Waals surface area (Å²) in [5.74, 6) is 0.306. The van der Waals surface area contributed by atoms with Crippen LogP contribution in [0.3, 0.4) is 0 Å². The van der Waals surface area contributed by atoms with E-state index in [0.29, 0.717) is 36.4 Å². The number of hydrogen-bond acceptors (Lipinski definition) is 4. The molecule has 5 nitrogen and oxygen atoms in total. The lowest BCUT2D eigenvalue weighted by Gasteiger charge is -2.14. The predicted molar refractivity (Wildman–Crippen MR) is 117 cm³/mol. The number of aryl methyl sites for hydroxylation is 3. The molecular weight excluding hydrogens is 393 g/mol. The van der Waals surface area contributed by atoms with Crippen LogP contribution in [0.15, 0.2) is 48.7 Å². The van der Waals surface area contributed by atoms with E-state index in [4.69, 9.17) is 4.74 Å².